The van der Waals surface area contributed by atoms with Crippen molar-refractivity contribution in [2.24, 2.45) is 5.73 Å². The number of hydrogen-bond acceptors (Lipinski definition) is 3. The molecule has 0 amide bonds. The van der Waals surface area contributed by atoms with Gasteiger partial charge in [-0.25, -0.2) is 0 Å². The fourth-order valence-corrected chi connectivity index (χ4v) is 3.21. The SMILES string of the molecule is CCN(C1CC1)S(=O)(=O)N(C)CCCN. The lowest BCUT2D eigenvalue weighted by atomic mass is 10.4. The first kappa shape index (κ1) is 12.9. The van der Waals surface area contributed by atoms with Crippen molar-refractivity contribution in [3.63, 3.8) is 0 Å². The standard InChI is InChI=1S/C9H21N3O2S/c1-3-12(9-5-6-9)15(13,14)11(2)8-4-7-10/h9H,3-8,10H2,1-2H3. The van der Waals surface area contributed by atoms with E-state index in [1.807, 2.05) is 6.92 Å². The number of nitrogens with two attached hydrogens (primary N) is 1. The molecular formula is C9H21N3O2S. The Morgan fingerprint density at radius 1 is 1.40 bits per heavy atom. The van der Waals surface area contributed by atoms with E-state index in [2.05, 4.69) is 0 Å². The molecule has 5 nitrogen and oxygen atoms in total. The van der Waals surface area contributed by atoms with Gasteiger partial charge in [0.05, 0.1) is 0 Å². The third-order valence-corrected chi connectivity index (χ3v) is 4.75. The Bertz CT molecular complexity index is 288. The summed E-state index contributed by atoms with van der Waals surface area (Å²) in [5.41, 5.74) is 5.37. The molecule has 0 aliphatic heterocycles. The minimum Gasteiger partial charge on any atom is -0.330 e. The maximum absolute atomic E-state index is 12.1. The van der Waals surface area contributed by atoms with Crippen LogP contribution in [0.4, 0.5) is 0 Å². The van der Waals surface area contributed by atoms with Crippen LogP contribution < -0.4 is 5.73 Å². The van der Waals surface area contributed by atoms with Crippen molar-refractivity contribution in [1.82, 2.24) is 8.61 Å². The smallest absolute Gasteiger partial charge is 0.281 e. The van der Waals surface area contributed by atoms with Gasteiger partial charge in [0.2, 0.25) is 0 Å². The van der Waals surface area contributed by atoms with E-state index in [1.54, 1.807) is 11.4 Å². The highest BCUT2D eigenvalue weighted by Crippen LogP contribution is 2.29. The van der Waals surface area contributed by atoms with Gasteiger partial charge < -0.3 is 5.73 Å². The van der Waals surface area contributed by atoms with Crippen LogP contribution in [0.1, 0.15) is 26.2 Å². The van der Waals surface area contributed by atoms with Crippen molar-refractivity contribution in [3.8, 4) is 0 Å². The lowest BCUT2D eigenvalue weighted by Crippen LogP contribution is -2.43. The molecular weight excluding hydrogens is 214 g/mol. The normalized spacial score (nSPS) is 17.7. The molecule has 90 valence electrons. The monoisotopic (exact) mass is 235 g/mol. The van der Waals surface area contributed by atoms with Gasteiger partial charge in [-0.15, -0.1) is 0 Å². The van der Waals surface area contributed by atoms with Crippen LogP contribution in [0.25, 0.3) is 0 Å². The van der Waals surface area contributed by atoms with Crippen molar-refractivity contribution in [3.05, 3.63) is 0 Å². The van der Waals surface area contributed by atoms with E-state index in [0.717, 1.165) is 12.8 Å². The molecule has 0 spiro atoms. The molecule has 1 rings (SSSR count). The molecule has 1 saturated carbocycles. The third-order valence-electron chi connectivity index (χ3n) is 2.63. The molecule has 0 aromatic carbocycles. The van der Waals surface area contributed by atoms with Crippen molar-refractivity contribution in [2.75, 3.05) is 26.7 Å². The van der Waals surface area contributed by atoms with Gasteiger partial charge in [0, 0.05) is 26.2 Å². The van der Waals surface area contributed by atoms with Gasteiger partial charge >= 0.3 is 0 Å². The minimum atomic E-state index is -3.25. The first-order valence-corrected chi connectivity index (χ1v) is 6.87. The molecule has 0 saturated heterocycles. The highest BCUT2D eigenvalue weighted by molar-refractivity contribution is 7.86. The summed E-state index contributed by atoms with van der Waals surface area (Å²) in [6, 6.07) is 0.236. The number of nitrogens with zero attached hydrogens (tertiary/aromatic N) is 2. The van der Waals surface area contributed by atoms with Crippen LogP contribution in [0.5, 0.6) is 0 Å². The van der Waals surface area contributed by atoms with Crippen molar-refractivity contribution in [1.29, 1.82) is 0 Å². The van der Waals surface area contributed by atoms with Gasteiger partial charge in [-0.05, 0) is 25.8 Å². The molecule has 0 atom stereocenters. The van der Waals surface area contributed by atoms with Crippen LogP contribution >= 0.6 is 0 Å². The fourth-order valence-electron chi connectivity index (χ4n) is 1.58. The van der Waals surface area contributed by atoms with E-state index in [1.165, 1.54) is 4.31 Å². The average molecular weight is 235 g/mol. The first-order valence-electron chi connectivity index (χ1n) is 5.47. The second kappa shape index (κ2) is 5.25. The van der Waals surface area contributed by atoms with Crippen molar-refractivity contribution >= 4 is 10.2 Å². The summed E-state index contributed by atoms with van der Waals surface area (Å²) in [5, 5.41) is 0. The third kappa shape index (κ3) is 3.14. The Balaban J connectivity index is 2.62. The summed E-state index contributed by atoms with van der Waals surface area (Å²) in [6.45, 7) is 3.46. The maximum Gasteiger partial charge on any atom is 0.281 e. The Kier molecular flexibility index (Phi) is 4.51. The molecule has 0 bridgehead atoms. The van der Waals surface area contributed by atoms with Crippen LogP contribution in [0.2, 0.25) is 0 Å². The highest BCUT2D eigenvalue weighted by Gasteiger charge is 2.37. The Morgan fingerprint density at radius 2 is 2.00 bits per heavy atom. The quantitative estimate of drug-likeness (QED) is 0.675. The van der Waals surface area contributed by atoms with E-state index in [4.69, 9.17) is 5.73 Å². The van der Waals surface area contributed by atoms with Crippen LogP contribution in [0.3, 0.4) is 0 Å². The van der Waals surface area contributed by atoms with Gasteiger partial charge in [-0.2, -0.15) is 17.0 Å². The van der Waals surface area contributed by atoms with Crippen LogP contribution in [0.15, 0.2) is 0 Å². The van der Waals surface area contributed by atoms with Gasteiger partial charge in [0.1, 0.15) is 0 Å². The lowest BCUT2D eigenvalue weighted by molar-refractivity contribution is 0.361. The number of rotatable bonds is 7. The van der Waals surface area contributed by atoms with Gasteiger partial charge in [-0.1, -0.05) is 6.92 Å². The molecule has 0 radical (unpaired) electrons. The first-order chi connectivity index (χ1) is 7.04. The summed E-state index contributed by atoms with van der Waals surface area (Å²) in [5.74, 6) is 0. The molecule has 15 heavy (non-hydrogen) atoms. The largest absolute Gasteiger partial charge is 0.330 e. The van der Waals surface area contributed by atoms with Crippen LogP contribution in [-0.2, 0) is 10.2 Å². The van der Waals surface area contributed by atoms with E-state index in [9.17, 15) is 8.42 Å². The van der Waals surface area contributed by atoms with Gasteiger partial charge in [0.25, 0.3) is 10.2 Å². The second-order valence-electron chi connectivity index (χ2n) is 3.91. The summed E-state index contributed by atoms with van der Waals surface area (Å²) in [7, 11) is -1.63. The van der Waals surface area contributed by atoms with Crippen molar-refractivity contribution in [2.45, 2.75) is 32.2 Å². The molecule has 1 fully saturated rings. The van der Waals surface area contributed by atoms with Gasteiger partial charge in [-0.3, -0.25) is 0 Å². The van der Waals surface area contributed by atoms with Crippen LogP contribution in [0, 0.1) is 0 Å². The number of hydrogen-bond donors (Lipinski definition) is 1. The van der Waals surface area contributed by atoms with E-state index in [0.29, 0.717) is 26.1 Å². The molecule has 1 aliphatic carbocycles. The molecule has 0 aromatic rings. The van der Waals surface area contributed by atoms with Gasteiger partial charge in [0.15, 0.2) is 0 Å². The van der Waals surface area contributed by atoms with E-state index >= 15 is 0 Å². The molecule has 2 N–H and O–H groups in total. The average Bonchev–Trinajstić information content (AvgIpc) is 2.98. The molecule has 0 aromatic heterocycles. The molecule has 0 unspecified atom stereocenters. The summed E-state index contributed by atoms with van der Waals surface area (Å²) >= 11 is 0. The fraction of sp³-hybridized carbons (Fsp3) is 1.00. The van der Waals surface area contributed by atoms with E-state index in [-0.39, 0.29) is 6.04 Å². The summed E-state index contributed by atoms with van der Waals surface area (Å²) in [4.78, 5) is 0. The molecule has 6 heteroatoms. The lowest BCUT2D eigenvalue weighted by Gasteiger charge is -2.26. The second-order valence-corrected chi connectivity index (χ2v) is 5.89. The summed E-state index contributed by atoms with van der Waals surface area (Å²) < 4.78 is 27.1. The predicted octanol–water partition coefficient (Wildman–Crippen LogP) is -0.00390. The Morgan fingerprint density at radius 3 is 2.40 bits per heavy atom. The zero-order valence-electron chi connectivity index (χ0n) is 9.52. The summed E-state index contributed by atoms with van der Waals surface area (Å²) in [6.07, 6.45) is 2.70. The van der Waals surface area contributed by atoms with E-state index < -0.39 is 10.2 Å². The molecule has 1 aliphatic rings. The Hall–Kier alpha value is -0.170. The molecule has 0 heterocycles. The highest BCUT2D eigenvalue weighted by atomic mass is 32.2. The zero-order chi connectivity index (χ0) is 11.5. The van der Waals surface area contributed by atoms with Crippen molar-refractivity contribution < 1.29 is 8.42 Å². The topological polar surface area (TPSA) is 66.6 Å². The zero-order valence-corrected chi connectivity index (χ0v) is 10.3. The maximum atomic E-state index is 12.1. The predicted molar refractivity (Wildman–Crippen MR) is 60.6 cm³/mol. The Labute approximate surface area is 92.4 Å². The van der Waals surface area contributed by atoms with Crippen LogP contribution in [-0.4, -0.2) is 49.8 Å². The minimum absolute atomic E-state index is 0.236.